The molecule has 1 aromatic carbocycles. The summed E-state index contributed by atoms with van der Waals surface area (Å²) < 4.78 is 0. The third-order valence-corrected chi connectivity index (χ3v) is 3.04. The number of nitrogens with one attached hydrogen (secondary N) is 2. The zero-order valence-corrected chi connectivity index (χ0v) is 11.3. The normalized spacial score (nSPS) is 18.1. The molecule has 1 saturated heterocycles. The molecule has 0 saturated carbocycles. The van der Waals surface area contributed by atoms with Crippen molar-refractivity contribution < 1.29 is 14.4 Å². The molecule has 6 heteroatoms. The van der Waals surface area contributed by atoms with Crippen LogP contribution in [0, 0.1) is 0 Å². The summed E-state index contributed by atoms with van der Waals surface area (Å²) in [5.74, 6) is -0.725. The van der Waals surface area contributed by atoms with Crippen LogP contribution in [-0.2, 0) is 9.59 Å². The molecule has 0 spiro atoms. The van der Waals surface area contributed by atoms with E-state index in [4.69, 9.17) is 0 Å². The average Bonchev–Trinajstić information content (AvgIpc) is 2.68. The first kappa shape index (κ1) is 14.0. The van der Waals surface area contributed by atoms with E-state index in [1.807, 2.05) is 13.0 Å². The number of hydrogen-bond donors (Lipinski definition) is 2. The third-order valence-electron chi connectivity index (χ3n) is 3.04. The molecular weight excluding hydrogens is 258 g/mol. The van der Waals surface area contributed by atoms with Crippen molar-refractivity contribution in [3.05, 3.63) is 30.3 Å². The van der Waals surface area contributed by atoms with Gasteiger partial charge < -0.3 is 10.6 Å². The Morgan fingerprint density at radius 2 is 2.00 bits per heavy atom. The second kappa shape index (κ2) is 6.18. The summed E-state index contributed by atoms with van der Waals surface area (Å²) in [6, 6.07) is 7.89. The van der Waals surface area contributed by atoms with Crippen LogP contribution in [0.2, 0.25) is 0 Å². The minimum atomic E-state index is -0.503. The van der Waals surface area contributed by atoms with Crippen LogP contribution in [0.1, 0.15) is 19.8 Å². The molecule has 1 aromatic rings. The van der Waals surface area contributed by atoms with Crippen molar-refractivity contribution >= 4 is 23.5 Å². The maximum atomic E-state index is 12.0. The van der Waals surface area contributed by atoms with Crippen molar-refractivity contribution in [2.45, 2.75) is 25.8 Å². The van der Waals surface area contributed by atoms with Crippen molar-refractivity contribution in [2.75, 3.05) is 11.9 Å². The first-order valence-corrected chi connectivity index (χ1v) is 6.58. The number of benzene rings is 1. The molecule has 0 radical (unpaired) electrons. The van der Waals surface area contributed by atoms with Crippen molar-refractivity contribution in [3.8, 4) is 0 Å². The number of amides is 4. The highest BCUT2D eigenvalue weighted by molar-refractivity contribution is 6.07. The van der Waals surface area contributed by atoms with Crippen LogP contribution in [0.15, 0.2) is 30.3 Å². The van der Waals surface area contributed by atoms with Gasteiger partial charge in [0.05, 0.1) is 0 Å². The molecule has 0 aromatic heterocycles. The lowest BCUT2D eigenvalue weighted by Gasteiger charge is -2.12. The Bertz CT molecular complexity index is 516. The molecule has 106 valence electrons. The highest BCUT2D eigenvalue weighted by atomic mass is 16.2. The van der Waals surface area contributed by atoms with Gasteiger partial charge in [-0.25, -0.2) is 4.79 Å². The van der Waals surface area contributed by atoms with E-state index >= 15 is 0 Å². The number of para-hydroxylation sites is 1. The summed E-state index contributed by atoms with van der Waals surface area (Å²) in [5.41, 5.74) is 0.634. The van der Waals surface area contributed by atoms with Crippen LogP contribution in [0.5, 0.6) is 0 Å². The second-order valence-electron chi connectivity index (χ2n) is 4.63. The Balaban J connectivity index is 1.94. The van der Waals surface area contributed by atoms with Gasteiger partial charge in [-0.3, -0.25) is 14.5 Å². The van der Waals surface area contributed by atoms with E-state index in [1.165, 1.54) is 0 Å². The molecule has 0 unspecified atom stereocenters. The first-order chi connectivity index (χ1) is 9.61. The predicted octanol–water partition coefficient (Wildman–Crippen LogP) is 1.35. The molecule has 1 aliphatic heterocycles. The molecule has 6 nitrogen and oxygen atoms in total. The monoisotopic (exact) mass is 275 g/mol. The number of nitrogens with zero attached hydrogens (tertiary/aromatic N) is 1. The number of anilines is 1. The molecule has 1 atom stereocenters. The van der Waals surface area contributed by atoms with Gasteiger partial charge in [0.1, 0.15) is 12.6 Å². The summed E-state index contributed by atoms with van der Waals surface area (Å²) in [6.07, 6.45) is 1.38. The summed E-state index contributed by atoms with van der Waals surface area (Å²) in [4.78, 5) is 36.4. The zero-order valence-electron chi connectivity index (χ0n) is 11.3. The van der Waals surface area contributed by atoms with Gasteiger partial charge in [-0.15, -0.1) is 0 Å². The van der Waals surface area contributed by atoms with Crippen LogP contribution >= 0.6 is 0 Å². The molecular formula is C14H17N3O3. The molecule has 0 aliphatic carbocycles. The zero-order chi connectivity index (χ0) is 14.5. The Hall–Kier alpha value is -2.37. The Morgan fingerprint density at radius 1 is 1.30 bits per heavy atom. The van der Waals surface area contributed by atoms with Crippen LogP contribution < -0.4 is 10.6 Å². The Morgan fingerprint density at radius 3 is 2.65 bits per heavy atom. The number of carbonyl (C=O) groups is 3. The maximum Gasteiger partial charge on any atom is 0.325 e. The number of imide groups is 1. The fraction of sp³-hybridized carbons (Fsp3) is 0.357. The van der Waals surface area contributed by atoms with Gasteiger partial charge in [-0.2, -0.15) is 0 Å². The number of carbonyl (C=O) groups excluding carboxylic acids is 3. The van der Waals surface area contributed by atoms with Gasteiger partial charge in [0.2, 0.25) is 5.91 Å². The Kier molecular flexibility index (Phi) is 4.34. The SMILES string of the molecule is CCC[C@@H]1NC(=O)N(CC(=O)Nc2ccccc2)C1=O. The largest absolute Gasteiger partial charge is 0.326 e. The minimum Gasteiger partial charge on any atom is -0.326 e. The van der Waals surface area contributed by atoms with Crippen LogP contribution in [-0.4, -0.2) is 35.3 Å². The highest BCUT2D eigenvalue weighted by Gasteiger charge is 2.38. The first-order valence-electron chi connectivity index (χ1n) is 6.58. The van der Waals surface area contributed by atoms with Crippen molar-refractivity contribution in [3.63, 3.8) is 0 Å². The highest BCUT2D eigenvalue weighted by Crippen LogP contribution is 2.11. The number of rotatable bonds is 5. The summed E-state index contributed by atoms with van der Waals surface area (Å²) in [6.45, 7) is 1.67. The summed E-state index contributed by atoms with van der Waals surface area (Å²) in [5, 5.41) is 5.23. The number of hydrogen-bond acceptors (Lipinski definition) is 3. The maximum absolute atomic E-state index is 12.0. The summed E-state index contributed by atoms with van der Waals surface area (Å²) in [7, 11) is 0. The summed E-state index contributed by atoms with van der Waals surface area (Å²) >= 11 is 0. The smallest absolute Gasteiger partial charge is 0.325 e. The van der Waals surface area contributed by atoms with E-state index in [9.17, 15) is 14.4 Å². The van der Waals surface area contributed by atoms with Crippen molar-refractivity contribution in [2.24, 2.45) is 0 Å². The Labute approximate surface area is 117 Å². The fourth-order valence-corrected chi connectivity index (χ4v) is 2.08. The van der Waals surface area contributed by atoms with Crippen molar-refractivity contribution in [1.29, 1.82) is 0 Å². The molecule has 0 bridgehead atoms. The van der Waals surface area contributed by atoms with Gasteiger partial charge in [0.15, 0.2) is 0 Å². The second-order valence-corrected chi connectivity index (χ2v) is 4.63. The molecule has 1 fully saturated rings. The average molecular weight is 275 g/mol. The van der Waals surface area contributed by atoms with E-state index in [2.05, 4.69) is 10.6 Å². The standard InChI is InChI=1S/C14H17N3O3/c1-2-6-11-13(19)17(14(20)16-11)9-12(18)15-10-7-4-3-5-8-10/h3-5,7-8,11H,2,6,9H2,1H3,(H,15,18)(H,16,20)/t11-/m0/s1. The molecule has 2 rings (SSSR count). The predicted molar refractivity (Wildman–Crippen MR) is 74.0 cm³/mol. The van der Waals surface area contributed by atoms with Crippen LogP contribution in [0.3, 0.4) is 0 Å². The van der Waals surface area contributed by atoms with E-state index < -0.39 is 18.0 Å². The fourth-order valence-electron chi connectivity index (χ4n) is 2.08. The third kappa shape index (κ3) is 3.14. The topological polar surface area (TPSA) is 78.5 Å². The van der Waals surface area contributed by atoms with Gasteiger partial charge >= 0.3 is 6.03 Å². The lowest BCUT2D eigenvalue weighted by Crippen LogP contribution is -2.38. The lowest BCUT2D eigenvalue weighted by molar-refractivity contribution is -0.130. The minimum absolute atomic E-state index is 0.264. The molecule has 20 heavy (non-hydrogen) atoms. The quantitative estimate of drug-likeness (QED) is 0.796. The van der Waals surface area contributed by atoms with Gasteiger partial charge in [0, 0.05) is 5.69 Å². The van der Waals surface area contributed by atoms with Gasteiger partial charge in [0.25, 0.3) is 5.91 Å². The van der Waals surface area contributed by atoms with Crippen LogP contribution in [0.4, 0.5) is 10.5 Å². The van der Waals surface area contributed by atoms with Crippen molar-refractivity contribution in [1.82, 2.24) is 10.2 Å². The molecule has 4 amide bonds. The van der Waals surface area contributed by atoms with E-state index in [0.717, 1.165) is 11.3 Å². The van der Waals surface area contributed by atoms with E-state index in [0.29, 0.717) is 12.1 Å². The van der Waals surface area contributed by atoms with Gasteiger partial charge in [-0.05, 0) is 18.6 Å². The van der Waals surface area contributed by atoms with E-state index in [1.54, 1.807) is 24.3 Å². The lowest BCUT2D eigenvalue weighted by atomic mass is 10.2. The molecule has 1 heterocycles. The number of urea groups is 1. The van der Waals surface area contributed by atoms with Gasteiger partial charge in [-0.1, -0.05) is 31.5 Å². The van der Waals surface area contributed by atoms with Crippen LogP contribution in [0.25, 0.3) is 0 Å². The molecule has 2 N–H and O–H groups in total. The molecule has 1 aliphatic rings. The van der Waals surface area contributed by atoms with E-state index in [-0.39, 0.29) is 12.5 Å².